The molecule has 0 aromatic heterocycles. The molecule has 0 saturated heterocycles. The Labute approximate surface area is 154 Å². The molecule has 0 fully saturated rings. The zero-order chi connectivity index (χ0) is 19.7. The smallest absolute Gasteiger partial charge is 0.335 e. The third-order valence-corrected chi connectivity index (χ3v) is 4.23. The summed E-state index contributed by atoms with van der Waals surface area (Å²) in [5, 5.41) is 29.7. The number of carbonyl (C=O) groups excluding carboxylic acids is 2. The zero-order valence-corrected chi connectivity index (χ0v) is 14.4. The van der Waals surface area contributed by atoms with Crippen molar-refractivity contribution >= 4 is 23.3 Å². The van der Waals surface area contributed by atoms with Crippen LogP contribution in [0.5, 0.6) is 11.5 Å². The van der Waals surface area contributed by atoms with Crippen LogP contribution in [0.15, 0.2) is 42.0 Å². The Bertz CT molecular complexity index is 944. The molecule has 2 aromatic rings. The SMILES string of the molecule is CCOC(=O)C(CC(=O)O)=C1c2cccc(O)c2C(=O)c2c(O)cccc21. The first-order chi connectivity index (χ1) is 12.9. The Morgan fingerprint density at radius 3 is 1.93 bits per heavy atom. The lowest BCUT2D eigenvalue weighted by Crippen LogP contribution is -2.20. The van der Waals surface area contributed by atoms with Crippen LogP contribution in [0.2, 0.25) is 0 Å². The number of rotatable bonds is 4. The molecule has 0 unspecified atom stereocenters. The Morgan fingerprint density at radius 1 is 0.963 bits per heavy atom. The molecule has 1 aliphatic rings. The number of hydrogen-bond acceptors (Lipinski definition) is 6. The number of benzene rings is 2. The predicted molar refractivity (Wildman–Crippen MR) is 94.6 cm³/mol. The van der Waals surface area contributed by atoms with Gasteiger partial charge in [-0.15, -0.1) is 0 Å². The number of aliphatic carboxylic acids is 1. The summed E-state index contributed by atoms with van der Waals surface area (Å²) in [4.78, 5) is 36.7. The summed E-state index contributed by atoms with van der Waals surface area (Å²) in [7, 11) is 0. The first kappa shape index (κ1) is 18.2. The fourth-order valence-corrected chi connectivity index (χ4v) is 3.20. The fraction of sp³-hybridized carbons (Fsp3) is 0.150. The summed E-state index contributed by atoms with van der Waals surface area (Å²) in [6.45, 7) is 1.62. The van der Waals surface area contributed by atoms with Gasteiger partial charge in [0.1, 0.15) is 11.5 Å². The van der Waals surface area contributed by atoms with Crippen molar-refractivity contribution in [3.63, 3.8) is 0 Å². The second-order valence-corrected chi connectivity index (χ2v) is 5.87. The Kier molecular flexibility index (Phi) is 4.68. The van der Waals surface area contributed by atoms with E-state index in [0.29, 0.717) is 0 Å². The van der Waals surface area contributed by atoms with Crippen molar-refractivity contribution in [2.24, 2.45) is 0 Å². The lowest BCUT2D eigenvalue weighted by atomic mass is 9.78. The van der Waals surface area contributed by atoms with E-state index >= 15 is 0 Å². The summed E-state index contributed by atoms with van der Waals surface area (Å²) in [6, 6.07) is 8.60. The summed E-state index contributed by atoms with van der Waals surface area (Å²) in [5.41, 5.74) is 0.190. The molecule has 138 valence electrons. The van der Waals surface area contributed by atoms with E-state index in [1.54, 1.807) is 6.92 Å². The number of phenolic OH excluding ortho intramolecular Hbond substituents is 2. The van der Waals surface area contributed by atoms with E-state index in [-0.39, 0.29) is 51.5 Å². The van der Waals surface area contributed by atoms with Gasteiger partial charge >= 0.3 is 11.9 Å². The van der Waals surface area contributed by atoms with Crippen LogP contribution in [-0.4, -0.2) is 39.6 Å². The van der Waals surface area contributed by atoms with Crippen LogP contribution in [0, 0.1) is 0 Å². The van der Waals surface area contributed by atoms with Crippen LogP contribution in [0.25, 0.3) is 5.57 Å². The molecule has 0 heterocycles. The number of fused-ring (bicyclic) bond motifs is 2. The van der Waals surface area contributed by atoms with Gasteiger partial charge < -0.3 is 20.1 Å². The first-order valence-electron chi connectivity index (χ1n) is 8.18. The van der Waals surface area contributed by atoms with Crippen molar-refractivity contribution < 1.29 is 34.4 Å². The Balaban J connectivity index is 2.45. The number of ether oxygens (including phenoxy) is 1. The Morgan fingerprint density at radius 2 is 1.48 bits per heavy atom. The minimum atomic E-state index is -1.26. The standard InChI is InChI=1S/C20H16O7/c1-2-27-20(26)12(9-15(23)24)16-10-5-3-7-13(21)17(10)19(25)18-11(16)6-4-8-14(18)22/h3-8,21-22H,2,9H2,1H3,(H,23,24). The number of aromatic hydroxyl groups is 2. The lowest BCUT2D eigenvalue weighted by Gasteiger charge is -2.25. The van der Waals surface area contributed by atoms with E-state index < -0.39 is 24.1 Å². The van der Waals surface area contributed by atoms with Crippen LogP contribution in [0.1, 0.15) is 40.4 Å². The average Bonchev–Trinajstić information content (AvgIpc) is 2.60. The van der Waals surface area contributed by atoms with Gasteiger partial charge in [0.25, 0.3) is 0 Å². The summed E-state index contributed by atoms with van der Waals surface area (Å²) in [6.07, 6.45) is -0.646. The monoisotopic (exact) mass is 368 g/mol. The maximum Gasteiger partial charge on any atom is 0.335 e. The highest BCUT2D eigenvalue weighted by Gasteiger charge is 2.35. The number of carboxylic acids is 1. The van der Waals surface area contributed by atoms with E-state index in [2.05, 4.69) is 0 Å². The van der Waals surface area contributed by atoms with Crippen LogP contribution in [0.3, 0.4) is 0 Å². The second kappa shape index (κ2) is 6.95. The van der Waals surface area contributed by atoms with E-state index in [9.17, 15) is 29.7 Å². The van der Waals surface area contributed by atoms with Crippen molar-refractivity contribution in [2.45, 2.75) is 13.3 Å². The number of hydrogen-bond donors (Lipinski definition) is 3. The van der Waals surface area contributed by atoms with Crippen molar-refractivity contribution in [1.29, 1.82) is 0 Å². The van der Waals surface area contributed by atoms with E-state index in [0.717, 1.165) is 0 Å². The van der Waals surface area contributed by atoms with Gasteiger partial charge in [0.2, 0.25) is 5.78 Å². The first-order valence-corrected chi connectivity index (χ1v) is 8.18. The van der Waals surface area contributed by atoms with Gasteiger partial charge in [-0.25, -0.2) is 4.79 Å². The Hall–Kier alpha value is -3.61. The molecule has 3 rings (SSSR count). The molecule has 2 aromatic carbocycles. The molecule has 1 aliphatic carbocycles. The van der Waals surface area contributed by atoms with Gasteiger partial charge in [0.05, 0.1) is 29.7 Å². The van der Waals surface area contributed by atoms with Crippen LogP contribution >= 0.6 is 0 Å². The molecule has 7 heteroatoms. The highest BCUT2D eigenvalue weighted by molar-refractivity contribution is 6.23. The maximum absolute atomic E-state index is 12.9. The molecule has 3 N–H and O–H groups in total. The topological polar surface area (TPSA) is 121 Å². The average molecular weight is 368 g/mol. The van der Waals surface area contributed by atoms with Crippen molar-refractivity contribution in [3.05, 3.63) is 64.2 Å². The summed E-state index contributed by atoms with van der Waals surface area (Å²) >= 11 is 0. The van der Waals surface area contributed by atoms with E-state index in [4.69, 9.17) is 4.74 Å². The summed E-state index contributed by atoms with van der Waals surface area (Å²) in [5.74, 6) is -3.37. The number of phenols is 2. The number of ketones is 1. The maximum atomic E-state index is 12.9. The van der Waals surface area contributed by atoms with E-state index in [1.807, 2.05) is 0 Å². The predicted octanol–water partition coefficient (Wildman–Crippen LogP) is 2.48. The highest BCUT2D eigenvalue weighted by atomic mass is 16.5. The van der Waals surface area contributed by atoms with E-state index in [1.165, 1.54) is 36.4 Å². The zero-order valence-electron chi connectivity index (χ0n) is 14.4. The molecule has 7 nitrogen and oxygen atoms in total. The van der Waals surface area contributed by atoms with Gasteiger partial charge in [-0.3, -0.25) is 9.59 Å². The van der Waals surface area contributed by atoms with Crippen molar-refractivity contribution in [2.75, 3.05) is 6.61 Å². The van der Waals surface area contributed by atoms with Crippen molar-refractivity contribution in [1.82, 2.24) is 0 Å². The largest absolute Gasteiger partial charge is 0.507 e. The lowest BCUT2D eigenvalue weighted by molar-refractivity contribution is -0.142. The number of carbonyl (C=O) groups is 3. The molecule has 0 aliphatic heterocycles. The molecule has 0 bridgehead atoms. The second-order valence-electron chi connectivity index (χ2n) is 5.87. The minimum Gasteiger partial charge on any atom is -0.507 e. The number of carboxylic acid groups (broad SMARTS) is 1. The molecule has 0 atom stereocenters. The number of esters is 1. The fourth-order valence-electron chi connectivity index (χ4n) is 3.20. The molecule has 0 radical (unpaired) electrons. The van der Waals surface area contributed by atoms with Crippen LogP contribution in [0.4, 0.5) is 0 Å². The summed E-state index contributed by atoms with van der Waals surface area (Å²) < 4.78 is 5.01. The van der Waals surface area contributed by atoms with Gasteiger partial charge in [-0.1, -0.05) is 24.3 Å². The minimum absolute atomic E-state index is 0.0357. The molecular weight excluding hydrogens is 352 g/mol. The molecule has 0 amide bonds. The molecule has 0 spiro atoms. The van der Waals surface area contributed by atoms with Gasteiger partial charge in [0.15, 0.2) is 0 Å². The normalized spacial score (nSPS) is 12.2. The quantitative estimate of drug-likeness (QED) is 0.478. The van der Waals surface area contributed by atoms with Gasteiger partial charge in [0, 0.05) is 5.57 Å². The highest BCUT2D eigenvalue weighted by Crippen LogP contribution is 2.44. The third-order valence-electron chi connectivity index (χ3n) is 4.23. The molecule has 0 saturated carbocycles. The van der Waals surface area contributed by atoms with Crippen molar-refractivity contribution in [3.8, 4) is 11.5 Å². The molecular formula is C20H16O7. The van der Waals surface area contributed by atoms with Crippen LogP contribution < -0.4 is 0 Å². The van der Waals surface area contributed by atoms with Gasteiger partial charge in [-0.05, 0) is 30.2 Å². The van der Waals surface area contributed by atoms with Gasteiger partial charge in [-0.2, -0.15) is 0 Å². The van der Waals surface area contributed by atoms with Crippen LogP contribution in [-0.2, 0) is 14.3 Å². The third kappa shape index (κ3) is 3.03. The molecule has 27 heavy (non-hydrogen) atoms.